The van der Waals surface area contributed by atoms with Crippen molar-refractivity contribution < 1.29 is 4.39 Å². The lowest BCUT2D eigenvalue weighted by molar-refractivity contribution is 0.619. The molecule has 2 aromatic rings. The molecule has 1 aliphatic heterocycles. The molecule has 0 radical (unpaired) electrons. The zero-order valence-electron chi connectivity index (χ0n) is 13.6. The molecule has 1 heterocycles. The van der Waals surface area contributed by atoms with E-state index in [9.17, 15) is 4.39 Å². The molecule has 0 aromatic heterocycles. The van der Waals surface area contributed by atoms with Crippen LogP contribution in [0.15, 0.2) is 35.3 Å². The monoisotopic (exact) mass is 306 g/mol. The summed E-state index contributed by atoms with van der Waals surface area (Å²) in [4.78, 5) is 4.31. The summed E-state index contributed by atoms with van der Waals surface area (Å²) in [6, 6.07) is 9.18. The molecular weight excluding hydrogens is 287 g/mol. The van der Waals surface area contributed by atoms with Gasteiger partial charge < -0.3 is 5.32 Å². The van der Waals surface area contributed by atoms with E-state index in [4.69, 9.17) is 0 Å². The van der Waals surface area contributed by atoms with E-state index in [1.54, 1.807) is 19.1 Å². The molecule has 116 valence electrons. The van der Waals surface area contributed by atoms with E-state index < -0.39 is 0 Å². The molecule has 1 N–H and O–H groups in total. The van der Waals surface area contributed by atoms with E-state index in [1.165, 1.54) is 11.6 Å². The van der Waals surface area contributed by atoms with Gasteiger partial charge in [-0.1, -0.05) is 25.7 Å². The number of hydrogen-bond acceptors (Lipinski definition) is 2. The Morgan fingerprint density at radius 3 is 2.78 bits per heavy atom. The van der Waals surface area contributed by atoms with Gasteiger partial charge in [-0.25, -0.2) is 4.39 Å². The van der Waals surface area contributed by atoms with Crippen LogP contribution < -0.4 is 5.32 Å². The van der Waals surface area contributed by atoms with Crippen LogP contribution in [0.1, 0.15) is 36.1 Å². The van der Waals surface area contributed by atoms with E-state index in [1.807, 2.05) is 6.21 Å². The van der Waals surface area contributed by atoms with Crippen molar-refractivity contribution in [1.82, 2.24) is 0 Å². The number of rotatable bonds is 2. The number of nitrogens with one attached hydrogen (secondary N) is 1. The van der Waals surface area contributed by atoms with Crippen molar-refractivity contribution in [3.05, 3.63) is 58.4 Å². The summed E-state index contributed by atoms with van der Waals surface area (Å²) in [5.74, 6) is 6.56. The Bertz CT molecular complexity index is 839. The van der Waals surface area contributed by atoms with Gasteiger partial charge in [0.05, 0.1) is 12.2 Å². The largest absolute Gasteiger partial charge is 0.354 e. The van der Waals surface area contributed by atoms with Crippen LogP contribution in [0.2, 0.25) is 0 Å². The predicted octanol–water partition coefficient (Wildman–Crippen LogP) is 4.82. The van der Waals surface area contributed by atoms with Gasteiger partial charge in [0.1, 0.15) is 5.82 Å². The molecule has 0 saturated carbocycles. The van der Waals surface area contributed by atoms with Crippen LogP contribution in [-0.4, -0.2) is 6.21 Å². The van der Waals surface area contributed by atoms with Crippen LogP contribution in [0.25, 0.3) is 0 Å². The fourth-order valence-electron chi connectivity index (χ4n) is 2.47. The van der Waals surface area contributed by atoms with E-state index in [2.05, 4.69) is 48.1 Å². The van der Waals surface area contributed by atoms with Crippen molar-refractivity contribution in [2.24, 2.45) is 10.9 Å². The number of halogens is 1. The first kappa shape index (κ1) is 15.3. The van der Waals surface area contributed by atoms with E-state index in [0.717, 1.165) is 22.5 Å². The molecule has 3 rings (SSSR count). The van der Waals surface area contributed by atoms with Gasteiger partial charge in [0.15, 0.2) is 0 Å². The molecule has 0 unspecified atom stereocenters. The first-order valence-electron chi connectivity index (χ1n) is 7.74. The van der Waals surface area contributed by atoms with E-state index in [-0.39, 0.29) is 5.82 Å². The Morgan fingerprint density at radius 1 is 1.22 bits per heavy atom. The summed E-state index contributed by atoms with van der Waals surface area (Å²) >= 11 is 0. The number of benzene rings is 2. The fraction of sp³-hybridized carbons (Fsp3) is 0.250. The number of aliphatic imine (C=N–C) groups is 1. The summed E-state index contributed by atoms with van der Waals surface area (Å²) in [6.45, 7) is 6.61. The highest BCUT2D eigenvalue weighted by molar-refractivity contribution is 5.88. The molecule has 3 heteroatoms. The molecule has 0 bridgehead atoms. The topological polar surface area (TPSA) is 24.4 Å². The second-order valence-electron chi connectivity index (χ2n) is 6.08. The third-order valence-corrected chi connectivity index (χ3v) is 3.70. The Kier molecular flexibility index (Phi) is 4.16. The minimum Gasteiger partial charge on any atom is -0.354 e. The molecule has 0 saturated heterocycles. The molecule has 0 spiro atoms. The lowest BCUT2D eigenvalue weighted by Crippen LogP contribution is -1.98. The van der Waals surface area contributed by atoms with Crippen LogP contribution in [-0.2, 0) is 6.54 Å². The summed E-state index contributed by atoms with van der Waals surface area (Å²) in [5.41, 5.74) is 5.65. The van der Waals surface area contributed by atoms with Crippen molar-refractivity contribution in [2.45, 2.75) is 27.3 Å². The molecule has 0 atom stereocenters. The van der Waals surface area contributed by atoms with Crippen molar-refractivity contribution in [3.63, 3.8) is 0 Å². The van der Waals surface area contributed by atoms with Crippen molar-refractivity contribution in [1.29, 1.82) is 0 Å². The zero-order chi connectivity index (χ0) is 16.4. The van der Waals surface area contributed by atoms with Crippen LogP contribution in [0.5, 0.6) is 0 Å². The minimum absolute atomic E-state index is 0.198. The Morgan fingerprint density at radius 2 is 2.04 bits per heavy atom. The molecule has 23 heavy (non-hydrogen) atoms. The average molecular weight is 306 g/mol. The third-order valence-electron chi connectivity index (χ3n) is 3.70. The minimum atomic E-state index is -0.198. The number of fused-ring (bicyclic) bond motifs is 1. The lowest BCUT2D eigenvalue weighted by Gasteiger charge is -2.12. The summed E-state index contributed by atoms with van der Waals surface area (Å²) in [5, 5.41) is 3.36. The molecule has 2 aromatic carbocycles. The van der Waals surface area contributed by atoms with Crippen molar-refractivity contribution in [2.75, 3.05) is 5.32 Å². The van der Waals surface area contributed by atoms with Crippen LogP contribution in [0.4, 0.5) is 15.8 Å². The van der Waals surface area contributed by atoms with Crippen LogP contribution >= 0.6 is 0 Å². The zero-order valence-corrected chi connectivity index (χ0v) is 13.6. The second kappa shape index (κ2) is 6.26. The average Bonchev–Trinajstić information content (AvgIpc) is 2.95. The lowest BCUT2D eigenvalue weighted by atomic mass is 10.0. The molecular formula is C20H19FN2. The predicted molar refractivity (Wildman–Crippen MR) is 93.9 cm³/mol. The molecule has 0 fully saturated rings. The number of hydrogen-bond donors (Lipinski definition) is 1. The fourth-order valence-corrected chi connectivity index (χ4v) is 2.47. The molecule has 0 amide bonds. The van der Waals surface area contributed by atoms with Crippen LogP contribution in [0, 0.1) is 30.5 Å². The summed E-state index contributed by atoms with van der Waals surface area (Å²) in [7, 11) is 0. The number of nitrogens with zero attached hydrogens (tertiary/aromatic N) is 1. The van der Waals surface area contributed by atoms with Crippen molar-refractivity contribution >= 4 is 17.6 Å². The van der Waals surface area contributed by atoms with E-state index >= 15 is 0 Å². The highest BCUT2D eigenvalue weighted by atomic mass is 19.1. The van der Waals surface area contributed by atoms with Crippen molar-refractivity contribution in [3.8, 4) is 11.8 Å². The highest BCUT2D eigenvalue weighted by Crippen LogP contribution is 2.27. The van der Waals surface area contributed by atoms with E-state index in [0.29, 0.717) is 18.0 Å². The Balaban J connectivity index is 2.01. The summed E-state index contributed by atoms with van der Waals surface area (Å²) in [6.07, 6.45) is 1.88. The molecule has 0 aliphatic carbocycles. The summed E-state index contributed by atoms with van der Waals surface area (Å²) < 4.78 is 13.4. The van der Waals surface area contributed by atoms with Gasteiger partial charge in [-0.15, -0.1) is 0 Å². The van der Waals surface area contributed by atoms with Gasteiger partial charge in [-0.3, -0.25) is 4.99 Å². The van der Waals surface area contributed by atoms with Gasteiger partial charge in [-0.2, -0.15) is 0 Å². The maximum absolute atomic E-state index is 13.4. The quantitative estimate of drug-likeness (QED) is 0.791. The molecule has 2 nitrogen and oxygen atoms in total. The maximum atomic E-state index is 13.4. The number of anilines is 2. The van der Waals surface area contributed by atoms with Crippen LogP contribution in [0.3, 0.4) is 0 Å². The third kappa shape index (κ3) is 3.43. The molecule has 1 aliphatic rings. The van der Waals surface area contributed by atoms with Gasteiger partial charge in [-0.05, 0) is 53.9 Å². The standard InChI is InChI=1S/C20H19FN2/c1-13(2)4-5-15-9-16-11-22-12-17(16)10-20(15)23-18-6-7-19(21)14(3)8-18/h6-10,12-13,23H,11H2,1-3H3. The maximum Gasteiger partial charge on any atom is 0.126 e. The Labute approximate surface area is 136 Å². The smallest absolute Gasteiger partial charge is 0.126 e. The second-order valence-corrected chi connectivity index (χ2v) is 6.08. The first-order valence-corrected chi connectivity index (χ1v) is 7.74. The van der Waals surface area contributed by atoms with Gasteiger partial charge in [0, 0.05) is 23.4 Å². The normalized spacial score (nSPS) is 12.0. The highest BCUT2D eigenvalue weighted by Gasteiger charge is 2.11. The van der Waals surface area contributed by atoms with Gasteiger partial charge in [0.2, 0.25) is 0 Å². The van der Waals surface area contributed by atoms with Gasteiger partial charge in [0.25, 0.3) is 0 Å². The van der Waals surface area contributed by atoms with Gasteiger partial charge >= 0.3 is 0 Å². The Hall–Kier alpha value is -2.60. The number of aryl methyl sites for hydroxylation is 1. The first-order chi connectivity index (χ1) is 11.0. The SMILES string of the molecule is Cc1cc(Nc2cc3c(cc2C#CC(C)C)CN=C3)ccc1F.